The Balaban J connectivity index is 2.44. The van der Waals surface area contributed by atoms with Crippen LogP contribution >= 0.6 is 11.6 Å². The number of nitrogens with one attached hydrogen (secondary N) is 1. The number of aryl methyl sites for hydroxylation is 1. The van der Waals surface area contributed by atoms with Crippen LogP contribution in [0, 0.1) is 6.92 Å². The smallest absolute Gasteiger partial charge is 0.147 e. The van der Waals surface area contributed by atoms with E-state index in [1.54, 1.807) is 0 Å². The molecular weight excluding hydrogens is 200 g/mol. The van der Waals surface area contributed by atoms with Crippen molar-refractivity contribution in [3.05, 3.63) is 23.9 Å². The van der Waals surface area contributed by atoms with Gasteiger partial charge in [0.25, 0.3) is 0 Å². The Labute approximate surface area is 87.0 Å². The molecule has 74 valence electrons. The molecule has 1 aromatic heterocycles. The summed E-state index contributed by atoms with van der Waals surface area (Å²) in [5.74, 6) is 1.27. The topological polar surface area (TPSA) is 37.9 Å². The van der Waals surface area contributed by atoms with E-state index >= 15 is 0 Å². The maximum atomic E-state index is 5.55. The summed E-state index contributed by atoms with van der Waals surface area (Å²) in [5.41, 5.74) is 1.92. The molecule has 1 heterocycles. The van der Waals surface area contributed by atoms with E-state index in [0.29, 0.717) is 12.5 Å². The number of halogens is 1. The highest BCUT2D eigenvalue weighted by molar-refractivity contribution is 6.18. The van der Waals surface area contributed by atoms with Gasteiger partial charge in [-0.2, -0.15) is 5.10 Å². The number of aromatic amines is 1. The number of fused-ring (bicyclic) bond motifs is 1. The summed E-state index contributed by atoms with van der Waals surface area (Å²) in [6.45, 7) is 2.49. The minimum atomic E-state index is 0.486. The van der Waals surface area contributed by atoms with Crippen molar-refractivity contribution in [3.63, 3.8) is 0 Å². The fourth-order valence-corrected chi connectivity index (χ4v) is 1.48. The highest BCUT2D eigenvalue weighted by atomic mass is 35.5. The molecule has 0 aliphatic rings. The molecule has 0 spiro atoms. The van der Waals surface area contributed by atoms with Gasteiger partial charge in [-0.1, -0.05) is 12.1 Å². The lowest BCUT2D eigenvalue weighted by molar-refractivity contribution is 0.346. The van der Waals surface area contributed by atoms with Crippen LogP contribution in [0.25, 0.3) is 10.9 Å². The first-order valence-electron chi connectivity index (χ1n) is 4.45. The Bertz CT molecular complexity index is 439. The predicted molar refractivity (Wildman–Crippen MR) is 57.0 cm³/mol. The van der Waals surface area contributed by atoms with Crippen LogP contribution in [-0.4, -0.2) is 22.7 Å². The molecule has 0 radical (unpaired) electrons. The van der Waals surface area contributed by atoms with Crippen molar-refractivity contribution in [1.29, 1.82) is 0 Å². The van der Waals surface area contributed by atoms with Gasteiger partial charge < -0.3 is 4.74 Å². The average Bonchev–Trinajstić information content (AvgIpc) is 2.58. The van der Waals surface area contributed by atoms with Crippen LogP contribution in [0.3, 0.4) is 0 Å². The number of hydrogen-bond acceptors (Lipinski definition) is 2. The molecule has 0 bridgehead atoms. The molecule has 0 saturated carbocycles. The Kier molecular flexibility index (Phi) is 2.59. The molecule has 1 aromatic carbocycles. The molecule has 2 rings (SSSR count). The van der Waals surface area contributed by atoms with Gasteiger partial charge in [0.15, 0.2) is 0 Å². The number of alkyl halides is 1. The standard InChI is InChI=1S/C10H11ClN2O/c1-7-8-3-2-4-9(14-6-5-11)10(8)13-12-7/h2-4H,5-6H2,1H3,(H,12,13). The van der Waals surface area contributed by atoms with E-state index in [9.17, 15) is 0 Å². The van der Waals surface area contributed by atoms with Gasteiger partial charge in [0, 0.05) is 11.1 Å². The predicted octanol–water partition coefficient (Wildman–Crippen LogP) is 2.49. The number of H-pyrrole nitrogens is 1. The number of hydrogen-bond donors (Lipinski definition) is 1. The largest absolute Gasteiger partial charge is 0.490 e. The van der Waals surface area contributed by atoms with Crippen LogP contribution in [0.2, 0.25) is 0 Å². The van der Waals surface area contributed by atoms with Crippen LogP contribution in [0.1, 0.15) is 5.69 Å². The Morgan fingerprint density at radius 3 is 3.14 bits per heavy atom. The number of rotatable bonds is 3. The van der Waals surface area contributed by atoms with E-state index in [1.165, 1.54) is 0 Å². The summed E-state index contributed by atoms with van der Waals surface area (Å²) in [6, 6.07) is 5.87. The molecule has 2 aromatic rings. The second kappa shape index (κ2) is 3.88. The summed E-state index contributed by atoms with van der Waals surface area (Å²) in [7, 11) is 0. The monoisotopic (exact) mass is 210 g/mol. The van der Waals surface area contributed by atoms with E-state index < -0.39 is 0 Å². The first-order valence-corrected chi connectivity index (χ1v) is 4.99. The van der Waals surface area contributed by atoms with Crippen LogP contribution < -0.4 is 4.74 Å². The number of benzene rings is 1. The van der Waals surface area contributed by atoms with Crippen molar-refractivity contribution in [2.24, 2.45) is 0 Å². The lowest BCUT2D eigenvalue weighted by Crippen LogP contribution is -1.98. The van der Waals surface area contributed by atoms with Gasteiger partial charge in [0.1, 0.15) is 17.9 Å². The first-order chi connectivity index (χ1) is 6.83. The molecule has 1 N–H and O–H groups in total. The molecule has 0 amide bonds. The van der Waals surface area contributed by atoms with Crippen molar-refractivity contribution in [2.75, 3.05) is 12.5 Å². The van der Waals surface area contributed by atoms with Crippen molar-refractivity contribution >= 4 is 22.5 Å². The third-order valence-electron chi connectivity index (χ3n) is 2.07. The fraction of sp³-hybridized carbons (Fsp3) is 0.300. The van der Waals surface area contributed by atoms with Crippen molar-refractivity contribution in [3.8, 4) is 5.75 Å². The SMILES string of the molecule is Cc1[nH]nc2c(OCCCl)cccc12. The highest BCUT2D eigenvalue weighted by Crippen LogP contribution is 2.25. The van der Waals surface area contributed by atoms with Gasteiger partial charge in [-0.25, -0.2) is 0 Å². The molecule has 0 aliphatic heterocycles. The zero-order valence-electron chi connectivity index (χ0n) is 7.88. The molecule has 0 atom stereocenters. The third-order valence-corrected chi connectivity index (χ3v) is 2.23. The van der Waals surface area contributed by atoms with Gasteiger partial charge in [-0.15, -0.1) is 11.6 Å². The molecule has 14 heavy (non-hydrogen) atoms. The molecule has 0 fully saturated rings. The summed E-state index contributed by atoms with van der Waals surface area (Å²) in [6.07, 6.45) is 0. The molecule has 4 heteroatoms. The van der Waals surface area contributed by atoms with E-state index in [4.69, 9.17) is 16.3 Å². The summed E-state index contributed by atoms with van der Waals surface area (Å²) >= 11 is 5.55. The average molecular weight is 211 g/mol. The molecule has 0 saturated heterocycles. The quantitative estimate of drug-likeness (QED) is 0.791. The molecular formula is C10H11ClN2O. The van der Waals surface area contributed by atoms with Gasteiger partial charge in [-0.05, 0) is 13.0 Å². The number of ether oxygens (including phenoxy) is 1. The second-order valence-corrected chi connectivity index (χ2v) is 3.42. The number of nitrogens with zero attached hydrogens (tertiary/aromatic N) is 1. The molecule has 3 nitrogen and oxygen atoms in total. The van der Waals surface area contributed by atoms with Crippen molar-refractivity contribution in [2.45, 2.75) is 6.92 Å². The van der Waals surface area contributed by atoms with Crippen LogP contribution in [-0.2, 0) is 0 Å². The summed E-state index contributed by atoms with van der Waals surface area (Å²) in [4.78, 5) is 0. The van der Waals surface area contributed by atoms with Gasteiger partial charge >= 0.3 is 0 Å². The maximum Gasteiger partial charge on any atom is 0.147 e. The second-order valence-electron chi connectivity index (χ2n) is 3.04. The normalized spacial score (nSPS) is 10.7. The lowest BCUT2D eigenvalue weighted by atomic mass is 10.2. The number of aromatic nitrogens is 2. The lowest BCUT2D eigenvalue weighted by Gasteiger charge is -2.03. The van der Waals surface area contributed by atoms with Gasteiger partial charge in [-0.3, -0.25) is 5.10 Å². The van der Waals surface area contributed by atoms with E-state index in [1.807, 2.05) is 25.1 Å². The van der Waals surface area contributed by atoms with Crippen molar-refractivity contribution in [1.82, 2.24) is 10.2 Å². The fourth-order valence-electron chi connectivity index (χ4n) is 1.41. The van der Waals surface area contributed by atoms with Crippen LogP contribution in [0.15, 0.2) is 18.2 Å². The Hall–Kier alpha value is -1.22. The first kappa shape index (κ1) is 9.34. The summed E-state index contributed by atoms with van der Waals surface area (Å²) < 4.78 is 5.47. The Morgan fingerprint density at radius 1 is 1.50 bits per heavy atom. The van der Waals surface area contributed by atoms with Crippen molar-refractivity contribution < 1.29 is 4.74 Å². The third kappa shape index (κ3) is 1.55. The minimum absolute atomic E-state index is 0.486. The minimum Gasteiger partial charge on any atom is -0.490 e. The van der Waals surface area contributed by atoms with Gasteiger partial charge in [0.2, 0.25) is 0 Å². The zero-order chi connectivity index (χ0) is 9.97. The molecule has 0 aliphatic carbocycles. The highest BCUT2D eigenvalue weighted by Gasteiger charge is 2.06. The van der Waals surface area contributed by atoms with Crippen LogP contribution in [0.4, 0.5) is 0 Å². The molecule has 0 unspecified atom stereocenters. The van der Waals surface area contributed by atoms with Crippen LogP contribution in [0.5, 0.6) is 5.75 Å². The maximum absolute atomic E-state index is 5.55. The van der Waals surface area contributed by atoms with E-state index in [0.717, 1.165) is 22.3 Å². The van der Waals surface area contributed by atoms with E-state index in [2.05, 4.69) is 10.2 Å². The Morgan fingerprint density at radius 2 is 2.36 bits per heavy atom. The van der Waals surface area contributed by atoms with Gasteiger partial charge in [0.05, 0.1) is 5.88 Å². The zero-order valence-corrected chi connectivity index (χ0v) is 8.64. The number of para-hydroxylation sites is 1. The van der Waals surface area contributed by atoms with E-state index in [-0.39, 0.29) is 0 Å². The summed E-state index contributed by atoms with van der Waals surface area (Å²) in [5, 5.41) is 8.20.